The number of alkyl halides is 3. The lowest BCUT2D eigenvalue weighted by Gasteiger charge is -2.28. The fraction of sp³-hybridized carbons (Fsp3) is 0.667. The maximum Gasteiger partial charge on any atom is 0.425 e. The number of hydrogen-bond acceptors (Lipinski definition) is 4. The maximum absolute atomic E-state index is 13.0. The Morgan fingerprint density at radius 2 is 1.90 bits per heavy atom. The molecule has 2 aliphatic carbocycles. The van der Waals surface area contributed by atoms with Crippen LogP contribution in [0.3, 0.4) is 0 Å². The van der Waals surface area contributed by atoms with E-state index in [9.17, 15) is 22.8 Å². The van der Waals surface area contributed by atoms with E-state index in [1.54, 1.807) is 7.05 Å². The number of carbonyl (C=O) groups is 2. The molecule has 2 aliphatic rings. The lowest BCUT2D eigenvalue weighted by Crippen LogP contribution is -2.32. The summed E-state index contributed by atoms with van der Waals surface area (Å²) in [5, 5.41) is 2.60. The summed E-state index contributed by atoms with van der Waals surface area (Å²) < 4.78 is 44.1. The van der Waals surface area contributed by atoms with Gasteiger partial charge in [-0.25, -0.2) is 0 Å². The molecule has 1 amide bonds. The van der Waals surface area contributed by atoms with Crippen LogP contribution in [0.1, 0.15) is 74.3 Å². The van der Waals surface area contributed by atoms with Gasteiger partial charge in [-0.15, -0.1) is 0 Å². The van der Waals surface area contributed by atoms with Gasteiger partial charge >= 0.3 is 6.18 Å². The highest BCUT2D eigenvalue weighted by Crippen LogP contribution is 2.50. The van der Waals surface area contributed by atoms with Gasteiger partial charge in [0.25, 0.3) is 0 Å². The molecule has 2 saturated carbocycles. The number of aromatic nitrogens is 1. The number of halogens is 3. The van der Waals surface area contributed by atoms with Crippen molar-refractivity contribution in [1.82, 2.24) is 10.3 Å². The minimum absolute atomic E-state index is 0.0788. The van der Waals surface area contributed by atoms with Crippen LogP contribution < -0.4 is 10.1 Å². The number of amides is 1. The second kappa shape index (κ2) is 7.95. The van der Waals surface area contributed by atoms with Crippen molar-refractivity contribution in [1.29, 1.82) is 0 Å². The van der Waals surface area contributed by atoms with Gasteiger partial charge in [-0.1, -0.05) is 6.92 Å². The summed E-state index contributed by atoms with van der Waals surface area (Å²) in [5.74, 6) is 0.0834. The lowest BCUT2D eigenvalue weighted by molar-refractivity contribution is -0.189. The monoisotopic (exact) mass is 412 g/mol. The standard InChI is InChI=1S/C21H27F3N2O3/c1-12(21(22,23)24)29-18-8-16(26-11-15(18)13-4-5-13)17(27)9-20(2,14-6-7-14)10-19(28)25-3/h8,11-14H,4-7,9-10H2,1-3H3,(H,25,28)/t12-,20?/m0/s1. The average Bonchev–Trinajstić information content (AvgIpc) is 3.53. The lowest BCUT2D eigenvalue weighted by atomic mass is 9.76. The van der Waals surface area contributed by atoms with E-state index < -0.39 is 17.7 Å². The summed E-state index contributed by atoms with van der Waals surface area (Å²) in [7, 11) is 1.56. The van der Waals surface area contributed by atoms with Gasteiger partial charge in [0, 0.05) is 37.7 Å². The number of ketones is 1. The Labute approximate surface area is 168 Å². The molecule has 1 N–H and O–H groups in total. The number of carbonyl (C=O) groups excluding carboxylic acids is 2. The summed E-state index contributed by atoms with van der Waals surface area (Å²) in [6.45, 7) is 2.87. The van der Waals surface area contributed by atoms with Crippen molar-refractivity contribution in [2.75, 3.05) is 7.05 Å². The minimum atomic E-state index is -4.49. The summed E-state index contributed by atoms with van der Waals surface area (Å²) in [4.78, 5) is 29.1. The number of ether oxygens (including phenoxy) is 1. The van der Waals surface area contributed by atoms with Gasteiger partial charge in [0.1, 0.15) is 11.4 Å². The van der Waals surface area contributed by atoms with E-state index in [1.807, 2.05) is 6.92 Å². The molecule has 1 aromatic heterocycles. The van der Waals surface area contributed by atoms with Crippen molar-refractivity contribution in [2.24, 2.45) is 11.3 Å². The molecule has 5 nitrogen and oxygen atoms in total. The molecule has 29 heavy (non-hydrogen) atoms. The van der Waals surface area contributed by atoms with Gasteiger partial charge in [0.05, 0.1) is 0 Å². The Bertz CT molecular complexity index is 788. The predicted molar refractivity (Wildman–Crippen MR) is 101 cm³/mol. The predicted octanol–water partition coefficient (Wildman–Crippen LogP) is 4.41. The third-order valence-electron chi connectivity index (χ3n) is 5.93. The molecule has 0 bridgehead atoms. The minimum Gasteiger partial charge on any atom is -0.481 e. The van der Waals surface area contributed by atoms with Gasteiger partial charge < -0.3 is 10.1 Å². The molecule has 0 radical (unpaired) electrons. The molecule has 0 aliphatic heterocycles. The Morgan fingerprint density at radius 1 is 1.24 bits per heavy atom. The van der Waals surface area contributed by atoms with Crippen molar-refractivity contribution in [3.05, 3.63) is 23.5 Å². The van der Waals surface area contributed by atoms with E-state index in [-0.39, 0.29) is 47.8 Å². The molecule has 2 atom stereocenters. The summed E-state index contributed by atoms with van der Waals surface area (Å²) in [6.07, 6.45) is -0.976. The van der Waals surface area contributed by atoms with Crippen LogP contribution in [0, 0.1) is 11.3 Å². The third-order valence-corrected chi connectivity index (χ3v) is 5.93. The molecular formula is C21H27F3N2O3. The van der Waals surface area contributed by atoms with Crippen LogP contribution in [0.5, 0.6) is 5.75 Å². The van der Waals surface area contributed by atoms with Gasteiger partial charge in [-0.05, 0) is 49.9 Å². The van der Waals surface area contributed by atoms with Crippen LogP contribution in [0.15, 0.2) is 12.3 Å². The molecule has 2 fully saturated rings. The van der Waals surface area contributed by atoms with E-state index in [0.717, 1.165) is 32.6 Å². The fourth-order valence-electron chi connectivity index (χ4n) is 3.70. The van der Waals surface area contributed by atoms with Crippen molar-refractivity contribution < 1.29 is 27.5 Å². The first-order valence-electron chi connectivity index (χ1n) is 10.0. The van der Waals surface area contributed by atoms with Gasteiger partial charge in [-0.2, -0.15) is 13.2 Å². The maximum atomic E-state index is 13.0. The summed E-state index contributed by atoms with van der Waals surface area (Å²) in [5.41, 5.74) is 0.212. The van der Waals surface area contributed by atoms with Crippen molar-refractivity contribution >= 4 is 11.7 Å². The smallest absolute Gasteiger partial charge is 0.425 e. The number of nitrogens with one attached hydrogen (secondary N) is 1. The van der Waals surface area contributed by atoms with E-state index in [1.165, 1.54) is 12.3 Å². The number of Topliss-reactive ketones (excluding diaryl/α,β-unsaturated/α-hetero) is 1. The van der Waals surface area contributed by atoms with Crippen LogP contribution in [-0.4, -0.2) is 36.0 Å². The third kappa shape index (κ3) is 5.28. The molecule has 0 saturated heterocycles. The fourth-order valence-corrected chi connectivity index (χ4v) is 3.70. The van der Waals surface area contributed by atoms with Crippen molar-refractivity contribution in [3.63, 3.8) is 0 Å². The molecule has 0 aromatic carbocycles. The Balaban J connectivity index is 1.81. The van der Waals surface area contributed by atoms with Crippen molar-refractivity contribution in [2.45, 2.75) is 70.6 Å². The van der Waals surface area contributed by atoms with E-state index >= 15 is 0 Å². The van der Waals surface area contributed by atoms with Crippen molar-refractivity contribution in [3.8, 4) is 5.75 Å². The molecule has 8 heteroatoms. The first-order valence-corrected chi connectivity index (χ1v) is 10.0. The molecule has 1 aromatic rings. The normalized spacial score (nSPS) is 19.9. The zero-order chi connectivity index (χ0) is 21.4. The summed E-state index contributed by atoms with van der Waals surface area (Å²) in [6, 6.07) is 1.34. The zero-order valence-electron chi connectivity index (χ0n) is 16.9. The zero-order valence-corrected chi connectivity index (χ0v) is 16.9. The van der Waals surface area contributed by atoms with E-state index in [4.69, 9.17) is 4.74 Å². The second-order valence-corrected chi connectivity index (χ2v) is 8.56. The Kier molecular flexibility index (Phi) is 5.92. The number of rotatable bonds is 9. The number of hydrogen-bond donors (Lipinski definition) is 1. The van der Waals surface area contributed by atoms with Gasteiger partial charge in [-0.3, -0.25) is 14.6 Å². The molecule has 1 unspecified atom stereocenters. The molecular weight excluding hydrogens is 385 g/mol. The van der Waals surface area contributed by atoms with Crippen LogP contribution in [0.25, 0.3) is 0 Å². The Hall–Kier alpha value is -2.12. The molecule has 0 spiro atoms. The SMILES string of the molecule is CNC(=O)CC(C)(CC(=O)c1cc(O[C@@H](C)C(F)(F)F)c(C2CC2)cn1)C1CC1. The van der Waals surface area contributed by atoms with Gasteiger partial charge in [0.2, 0.25) is 5.91 Å². The first kappa shape index (κ1) is 21.6. The second-order valence-electron chi connectivity index (χ2n) is 8.56. The van der Waals surface area contributed by atoms with Crippen LogP contribution in [-0.2, 0) is 4.79 Å². The summed E-state index contributed by atoms with van der Waals surface area (Å²) >= 11 is 0. The Morgan fingerprint density at radius 3 is 2.41 bits per heavy atom. The molecule has 1 heterocycles. The van der Waals surface area contributed by atoms with Crippen LogP contribution in [0.2, 0.25) is 0 Å². The van der Waals surface area contributed by atoms with E-state index in [0.29, 0.717) is 5.56 Å². The largest absolute Gasteiger partial charge is 0.481 e. The number of nitrogens with zero attached hydrogens (tertiary/aromatic N) is 1. The van der Waals surface area contributed by atoms with E-state index in [2.05, 4.69) is 10.3 Å². The highest BCUT2D eigenvalue weighted by atomic mass is 19.4. The quantitative estimate of drug-likeness (QED) is 0.610. The highest BCUT2D eigenvalue weighted by Gasteiger charge is 2.44. The van der Waals surface area contributed by atoms with Gasteiger partial charge in [0.15, 0.2) is 11.9 Å². The average molecular weight is 412 g/mol. The highest BCUT2D eigenvalue weighted by molar-refractivity contribution is 5.95. The molecule has 3 rings (SSSR count). The first-order chi connectivity index (χ1) is 13.5. The number of pyridine rings is 1. The molecule has 160 valence electrons. The van der Waals surface area contributed by atoms with Crippen LogP contribution >= 0.6 is 0 Å². The van der Waals surface area contributed by atoms with Crippen LogP contribution in [0.4, 0.5) is 13.2 Å². The topological polar surface area (TPSA) is 68.3 Å².